The molecule has 0 atom stereocenters. The first-order valence-corrected chi connectivity index (χ1v) is 6.79. The maximum Gasteiger partial charge on any atom is 0.260 e. The number of carbonyl (C=O) groups is 1. The van der Waals surface area contributed by atoms with Gasteiger partial charge in [0.05, 0.1) is 27.9 Å². The summed E-state index contributed by atoms with van der Waals surface area (Å²) in [6, 6.07) is 11.4. The smallest absolute Gasteiger partial charge is 0.260 e. The molecule has 2 N–H and O–H groups in total. The predicted octanol–water partition coefficient (Wildman–Crippen LogP) is 3.10. The van der Waals surface area contributed by atoms with E-state index in [1.54, 1.807) is 6.07 Å². The van der Waals surface area contributed by atoms with Crippen LogP contribution in [-0.2, 0) is 0 Å². The number of rotatable bonds is 3. The van der Waals surface area contributed by atoms with Gasteiger partial charge in [0.25, 0.3) is 5.91 Å². The lowest BCUT2D eigenvalue weighted by Crippen LogP contribution is -2.32. The van der Waals surface area contributed by atoms with Crippen LogP contribution in [0, 0.1) is 28.5 Å². The van der Waals surface area contributed by atoms with Gasteiger partial charge in [-0.15, -0.1) is 0 Å². The Labute approximate surface area is 136 Å². The minimum Gasteiger partial charge on any atom is -0.399 e. The van der Waals surface area contributed by atoms with Crippen LogP contribution in [0.5, 0.6) is 0 Å². The van der Waals surface area contributed by atoms with Crippen LogP contribution in [0.15, 0.2) is 36.4 Å². The molecule has 0 saturated heterocycles. The molecule has 0 aromatic heterocycles. The Morgan fingerprint density at radius 1 is 1.26 bits per heavy atom. The van der Waals surface area contributed by atoms with E-state index in [9.17, 15) is 9.18 Å². The molecule has 0 saturated carbocycles. The quantitative estimate of drug-likeness (QED) is 0.692. The topological polar surface area (TPSA) is 93.9 Å². The number of nitriles is 2. The van der Waals surface area contributed by atoms with Crippen LogP contribution >= 0.6 is 11.6 Å². The molecular formula is C16H10ClFN4O. The van der Waals surface area contributed by atoms with Crippen molar-refractivity contribution in [1.82, 2.24) is 0 Å². The van der Waals surface area contributed by atoms with Gasteiger partial charge in [0.15, 0.2) is 0 Å². The second-order valence-electron chi connectivity index (χ2n) is 4.56. The second kappa shape index (κ2) is 6.78. The van der Waals surface area contributed by atoms with Gasteiger partial charge in [-0.1, -0.05) is 11.6 Å². The van der Waals surface area contributed by atoms with E-state index in [0.717, 1.165) is 17.0 Å². The molecule has 0 spiro atoms. The summed E-state index contributed by atoms with van der Waals surface area (Å²) < 4.78 is 13.3. The van der Waals surface area contributed by atoms with Gasteiger partial charge in [-0.05, 0) is 36.4 Å². The van der Waals surface area contributed by atoms with Crippen molar-refractivity contribution >= 4 is 28.9 Å². The lowest BCUT2D eigenvalue weighted by molar-refractivity contribution is 0.0990. The van der Waals surface area contributed by atoms with Crippen LogP contribution in [-0.4, -0.2) is 12.5 Å². The van der Waals surface area contributed by atoms with Crippen LogP contribution in [0.1, 0.15) is 15.9 Å². The Bertz CT molecular complexity index is 854. The van der Waals surface area contributed by atoms with Crippen molar-refractivity contribution in [3.8, 4) is 12.1 Å². The molecule has 2 aromatic rings. The highest BCUT2D eigenvalue weighted by Gasteiger charge is 2.22. The third-order valence-corrected chi connectivity index (χ3v) is 3.39. The average molecular weight is 329 g/mol. The number of halogens is 2. The molecule has 0 fully saturated rings. The zero-order chi connectivity index (χ0) is 17.0. The number of nitrogens with two attached hydrogens (primary N) is 1. The highest BCUT2D eigenvalue weighted by molar-refractivity contribution is 6.34. The van der Waals surface area contributed by atoms with Crippen LogP contribution in [0.3, 0.4) is 0 Å². The maximum atomic E-state index is 13.3. The Hall–Kier alpha value is -3.09. The number of nitrogens with zero attached hydrogens (tertiary/aromatic N) is 3. The van der Waals surface area contributed by atoms with Crippen LogP contribution in [0.25, 0.3) is 0 Å². The molecule has 1 amide bonds. The average Bonchev–Trinajstić information content (AvgIpc) is 2.54. The van der Waals surface area contributed by atoms with Crippen molar-refractivity contribution in [3.05, 3.63) is 58.4 Å². The van der Waals surface area contributed by atoms with E-state index >= 15 is 0 Å². The van der Waals surface area contributed by atoms with Gasteiger partial charge < -0.3 is 5.73 Å². The lowest BCUT2D eigenvalue weighted by atomic mass is 10.1. The third-order valence-electron chi connectivity index (χ3n) is 3.06. The Morgan fingerprint density at radius 2 is 2.00 bits per heavy atom. The molecule has 0 bridgehead atoms. The molecule has 5 nitrogen and oxygen atoms in total. The number of benzene rings is 2. The summed E-state index contributed by atoms with van der Waals surface area (Å²) in [6.07, 6.45) is 0. The fraction of sp³-hybridized carbons (Fsp3) is 0.0625. The fourth-order valence-electron chi connectivity index (χ4n) is 2.02. The van der Waals surface area contributed by atoms with Crippen molar-refractivity contribution < 1.29 is 9.18 Å². The lowest BCUT2D eigenvalue weighted by Gasteiger charge is -2.21. The van der Waals surface area contributed by atoms with Gasteiger partial charge in [0, 0.05) is 5.69 Å². The number of hydrogen-bond acceptors (Lipinski definition) is 4. The second-order valence-corrected chi connectivity index (χ2v) is 4.97. The van der Waals surface area contributed by atoms with Crippen LogP contribution in [0.4, 0.5) is 15.8 Å². The van der Waals surface area contributed by atoms with Crippen LogP contribution in [0.2, 0.25) is 5.02 Å². The van der Waals surface area contributed by atoms with Gasteiger partial charge in [-0.3, -0.25) is 9.69 Å². The van der Waals surface area contributed by atoms with Gasteiger partial charge in [-0.2, -0.15) is 10.5 Å². The Kier molecular flexibility index (Phi) is 4.80. The summed E-state index contributed by atoms with van der Waals surface area (Å²) in [5, 5.41) is 18.3. The Balaban J connectivity index is 2.55. The first kappa shape index (κ1) is 16.3. The van der Waals surface area contributed by atoms with Gasteiger partial charge >= 0.3 is 0 Å². The van der Waals surface area contributed by atoms with E-state index in [1.165, 1.54) is 24.3 Å². The minimum atomic E-state index is -0.614. The monoisotopic (exact) mass is 328 g/mol. The number of amides is 1. The first-order valence-electron chi connectivity index (χ1n) is 6.41. The standard InChI is InChI=1S/C16H10ClFN4O/c17-14-3-2-12(21)8-13(14)16(23)22(6-5-19)15-4-1-11(18)7-10(15)9-20/h1-4,7-8H,6,21H2. The molecule has 0 aliphatic carbocycles. The van der Waals surface area contributed by atoms with Crippen molar-refractivity contribution in [1.29, 1.82) is 10.5 Å². The zero-order valence-corrected chi connectivity index (χ0v) is 12.5. The molecule has 2 aromatic carbocycles. The SMILES string of the molecule is N#CCN(C(=O)c1cc(N)ccc1Cl)c1ccc(F)cc1C#N. The highest BCUT2D eigenvalue weighted by Crippen LogP contribution is 2.26. The summed E-state index contributed by atoms with van der Waals surface area (Å²) >= 11 is 6.01. The Morgan fingerprint density at radius 3 is 2.65 bits per heavy atom. The molecule has 114 valence electrons. The zero-order valence-electron chi connectivity index (χ0n) is 11.8. The number of anilines is 2. The number of hydrogen-bond donors (Lipinski definition) is 1. The van der Waals surface area contributed by atoms with Gasteiger partial charge in [0.1, 0.15) is 18.4 Å². The van der Waals surface area contributed by atoms with Crippen molar-refractivity contribution in [2.45, 2.75) is 0 Å². The molecule has 0 unspecified atom stereocenters. The first-order chi connectivity index (χ1) is 11.0. The van der Waals surface area contributed by atoms with E-state index in [-0.39, 0.29) is 28.4 Å². The van der Waals surface area contributed by atoms with E-state index in [4.69, 9.17) is 27.9 Å². The van der Waals surface area contributed by atoms with Crippen molar-refractivity contribution in [2.24, 2.45) is 0 Å². The summed E-state index contributed by atoms with van der Waals surface area (Å²) in [7, 11) is 0. The number of nitrogen functional groups attached to an aromatic ring is 1. The predicted molar refractivity (Wildman–Crippen MR) is 84.3 cm³/mol. The molecule has 0 aliphatic rings. The third kappa shape index (κ3) is 3.39. The highest BCUT2D eigenvalue weighted by atomic mass is 35.5. The number of carbonyl (C=O) groups excluding carboxylic acids is 1. The van der Waals surface area contributed by atoms with E-state index < -0.39 is 11.7 Å². The van der Waals surface area contributed by atoms with E-state index in [0.29, 0.717) is 5.69 Å². The normalized spacial score (nSPS) is 9.74. The van der Waals surface area contributed by atoms with Crippen molar-refractivity contribution in [2.75, 3.05) is 17.2 Å². The van der Waals surface area contributed by atoms with E-state index in [1.807, 2.05) is 6.07 Å². The minimum absolute atomic E-state index is 0.0615. The largest absolute Gasteiger partial charge is 0.399 e. The summed E-state index contributed by atoms with van der Waals surface area (Å²) in [5.74, 6) is -1.22. The summed E-state index contributed by atoms with van der Waals surface area (Å²) in [6.45, 7) is -0.329. The van der Waals surface area contributed by atoms with Crippen molar-refractivity contribution in [3.63, 3.8) is 0 Å². The fourth-order valence-corrected chi connectivity index (χ4v) is 2.22. The molecule has 2 rings (SSSR count). The summed E-state index contributed by atoms with van der Waals surface area (Å²) in [4.78, 5) is 13.7. The molecule has 0 heterocycles. The molecule has 0 radical (unpaired) electrons. The maximum absolute atomic E-state index is 13.3. The van der Waals surface area contributed by atoms with Gasteiger partial charge in [0.2, 0.25) is 0 Å². The molecule has 7 heteroatoms. The molecule has 23 heavy (non-hydrogen) atoms. The van der Waals surface area contributed by atoms with Crippen LogP contribution < -0.4 is 10.6 Å². The summed E-state index contributed by atoms with van der Waals surface area (Å²) in [5.41, 5.74) is 6.14. The van der Waals surface area contributed by atoms with E-state index in [2.05, 4.69) is 0 Å². The van der Waals surface area contributed by atoms with Gasteiger partial charge in [-0.25, -0.2) is 4.39 Å². The molecular weight excluding hydrogens is 319 g/mol. The molecule has 0 aliphatic heterocycles.